The molecule has 2 aliphatic rings. The summed E-state index contributed by atoms with van der Waals surface area (Å²) in [7, 11) is 0. The zero-order valence-corrected chi connectivity index (χ0v) is 19.3. The first-order chi connectivity index (χ1) is 16.1. The van der Waals surface area contributed by atoms with Crippen molar-refractivity contribution in [1.29, 1.82) is 0 Å². The maximum atomic E-state index is 4.92. The zero-order chi connectivity index (χ0) is 22.4. The van der Waals surface area contributed by atoms with Crippen LogP contribution in [-0.2, 0) is 0 Å². The van der Waals surface area contributed by atoms with Gasteiger partial charge >= 0.3 is 0 Å². The quantitative estimate of drug-likeness (QED) is 0.471. The lowest BCUT2D eigenvalue weighted by molar-refractivity contribution is 0.407. The van der Waals surface area contributed by atoms with Crippen molar-refractivity contribution in [2.24, 2.45) is 0 Å². The van der Waals surface area contributed by atoms with Gasteiger partial charge in [-0.3, -0.25) is 4.40 Å². The molecule has 2 fully saturated rings. The number of anilines is 3. The Hall–Kier alpha value is -3.19. The van der Waals surface area contributed by atoms with Crippen molar-refractivity contribution >= 4 is 34.0 Å². The van der Waals surface area contributed by atoms with Gasteiger partial charge in [-0.2, -0.15) is 4.98 Å². The molecule has 0 unspecified atom stereocenters. The summed E-state index contributed by atoms with van der Waals surface area (Å²) in [6.07, 6.45) is 9.01. The van der Waals surface area contributed by atoms with E-state index in [2.05, 4.69) is 74.1 Å². The molecule has 0 bridgehead atoms. The van der Waals surface area contributed by atoms with E-state index in [1.54, 1.807) is 0 Å². The minimum Gasteiger partial charge on any atom is -0.367 e. The van der Waals surface area contributed by atoms with E-state index in [-0.39, 0.29) is 0 Å². The summed E-state index contributed by atoms with van der Waals surface area (Å²) in [6, 6.07) is 13.8. The van der Waals surface area contributed by atoms with E-state index in [9.17, 15) is 0 Å². The highest BCUT2D eigenvalue weighted by atomic mass is 15.2. The van der Waals surface area contributed by atoms with Crippen LogP contribution >= 0.6 is 0 Å². The van der Waals surface area contributed by atoms with Gasteiger partial charge in [-0.15, -0.1) is 0 Å². The van der Waals surface area contributed by atoms with Crippen LogP contribution in [0.4, 0.5) is 17.5 Å². The number of pyridine rings is 2. The minimum atomic E-state index is 0.470. The van der Waals surface area contributed by atoms with E-state index in [1.165, 1.54) is 36.9 Å². The van der Waals surface area contributed by atoms with Crippen molar-refractivity contribution in [3.63, 3.8) is 0 Å². The number of piperazine rings is 1. The average Bonchev–Trinajstić information content (AvgIpc) is 3.49. The van der Waals surface area contributed by atoms with Crippen LogP contribution < -0.4 is 15.5 Å². The maximum Gasteiger partial charge on any atom is 0.230 e. The fraction of sp³-hybridized carbons (Fsp3) is 0.423. The monoisotopic (exact) mass is 441 g/mol. The second kappa shape index (κ2) is 8.30. The van der Waals surface area contributed by atoms with Crippen LogP contribution in [0.5, 0.6) is 0 Å². The molecular weight excluding hydrogens is 410 g/mol. The molecule has 6 rings (SSSR count). The van der Waals surface area contributed by atoms with Crippen LogP contribution in [-0.4, -0.2) is 44.5 Å². The zero-order valence-electron chi connectivity index (χ0n) is 19.3. The molecular formula is C26H31N7. The van der Waals surface area contributed by atoms with Gasteiger partial charge in [-0.05, 0) is 69.0 Å². The van der Waals surface area contributed by atoms with Gasteiger partial charge in [0.25, 0.3) is 0 Å². The number of nitrogens with one attached hydrogen (secondary N) is 2. The summed E-state index contributed by atoms with van der Waals surface area (Å²) in [5, 5.41) is 7.94. The SMILES string of the molecule is C[C@@H]1CN(c2ccc(Nc3ncc4ccc5ccc(C6CCCC6)n5c4n3)nc2)C[C@H](C)N1. The Bertz CT molecular complexity index is 1260. The second-order valence-electron chi connectivity index (χ2n) is 9.71. The molecule has 1 saturated heterocycles. The summed E-state index contributed by atoms with van der Waals surface area (Å²) < 4.78 is 2.32. The maximum absolute atomic E-state index is 4.92. The molecule has 2 atom stereocenters. The molecule has 0 radical (unpaired) electrons. The topological polar surface area (TPSA) is 70.4 Å². The number of hydrogen-bond donors (Lipinski definition) is 2. The lowest BCUT2D eigenvalue weighted by Crippen LogP contribution is -2.54. The van der Waals surface area contributed by atoms with Crippen LogP contribution in [0.15, 0.2) is 48.8 Å². The Morgan fingerprint density at radius 3 is 2.45 bits per heavy atom. The molecule has 7 nitrogen and oxygen atoms in total. The molecule has 2 N–H and O–H groups in total. The minimum absolute atomic E-state index is 0.470. The van der Waals surface area contributed by atoms with Gasteiger partial charge in [0.15, 0.2) is 0 Å². The van der Waals surface area contributed by atoms with Gasteiger partial charge in [-0.1, -0.05) is 12.8 Å². The third-order valence-electron chi connectivity index (χ3n) is 7.07. The van der Waals surface area contributed by atoms with Gasteiger partial charge in [0.2, 0.25) is 5.95 Å². The van der Waals surface area contributed by atoms with Gasteiger partial charge < -0.3 is 15.5 Å². The summed E-state index contributed by atoms with van der Waals surface area (Å²) in [4.78, 5) is 16.5. The van der Waals surface area contributed by atoms with Crippen molar-refractivity contribution in [3.05, 3.63) is 54.5 Å². The predicted molar refractivity (Wildman–Crippen MR) is 133 cm³/mol. The largest absolute Gasteiger partial charge is 0.367 e. The molecule has 0 aromatic carbocycles. The molecule has 33 heavy (non-hydrogen) atoms. The fourth-order valence-electron chi connectivity index (χ4n) is 5.60. The van der Waals surface area contributed by atoms with Gasteiger partial charge in [-0.25, -0.2) is 9.97 Å². The molecule has 1 aliphatic carbocycles. The lowest BCUT2D eigenvalue weighted by Gasteiger charge is -2.37. The molecule has 4 aromatic rings. The number of hydrogen-bond acceptors (Lipinski definition) is 6. The standard InChI is InChI=1S/C26H31N7/c1-17-15-32(16-18(2)29-17)22-10-12-24(27-14-22)30-26-28-13-20-7-8-21-9-11-23(19-5-3-4-6-19)33(21)25(20)31-26/h7-14,17-19,29H,3-6,15-16H2,1-2H3,(H,27,28,30,31)/t17-,18+. The molecule has 0 amide bonds. The van der Waals surface area contributed by atoms with Crippen LogP contribution in [0.3, 0.4) is 0 Å². The number of aromatic nitrogens is 4. The summed E-state index contributed by atoms with van der Waals surface area (Å²) in [5.41, 5.74) is 4.67. The first-order valence-electron chi connectivity index (χ1n) is 12.2. The highest BCUT2D eigenvalue weighted by molar-refractivity contribution is 5.80. The normalized spacial score (nSPS) is 21.8. The predicted octanol–water partition coefficient (Wildman–Crippen LogP) is 4.87. The Balaban J connectivity index is 1.28. The average molecular weight is 442 g/mol. The molecule has 170 valence electrons. The van der Waals surface area contributed by atoms with Crippen molar-refractivity contribution in [2.75, 3.05) is 23.3 Å². The molecule has 4 aromatic heterocycles. The van der Waals surface area contributed by atoms with Gasteiger partial charge in [0.05, 0.1) is 11.9 Å². The summed E-state index contributed by atoms with van der Waals surface area (Å²) in [6.45, 7) is 6.43. The Labute approximate surface area is 194 Å². The van der Waals surface area contributed by atoms with Crippen molar-refractivity contribution in [1.82, 2.24) is 24.7 Å². The molecule has 1 aliphatic heterocycles. The lowest BCUT2D eigenvalue weighted by atomic mass is 10.0. The fourth-order valence-corrected chi connectivity index (χ4v) is 5.60. The van der Waals surface area contributed by atoms with E-state index >= 15 is 0 Å². The van der Waals surface area contributed by atoms with E-state index in [0.29, 0.717) is 23.9 Å². The van der Waals surface area contributed by atoms with E-state index in [4.69, 9.17) is 4.98 Å². The van der Waals surface area contributed by atoms with Crippen LogP contribution in [0.1, 0.15) is 51.1 Å². The molecule has 1 saturated carbocycles. The van der Waals surface area contributed by atoms with E-state index in [0.717, 1.165) is 35.6 Å². The third-order valence-corrected chi connectivity index (χ3v) is 7.07. The highest BCUT2D eigenvalue weighted by Crippen LogP contribution is 2.36. The van der Waals surface area contributed by atoms with Crippen molar-refractivity contribution < 1.29 is 0 Å². The van der Waals surface area contributed by atoms with E-state index < -0.39 is 0 Å². The van der Waals surface area contributed by atoms with Crippen molar-refractivity contribution in [3.8, 4) is 0 Å². The number of nitrogens with zero attached hydrogens (tertiary/aromatic N) is 5. The van der Waals surface area contributed by atoms with Crippen LogP contribution in [0.25, 0.3) is 16.6 Å². The van der Waals surface area contributed by atoms with E-state index in [1.807, 2.05) is 18.5 Å². The van der Waals surface area contributed by atoms with Gasteiger partial charge in [0.1, 0.15) is 11.5 Å². The number of fused-ring (bicyclic) bond motifs is 3. The third kappa shape index (κ3) is 3.91. The van der Waals surface area contributed by atoms with Gasteiger partial charge in [0, 0.05) is 48.0 Å². The van der Waals surface area contributed by atoms with Crippen LogP contribution in [0.2, 0.25) is 0 Å². The first kappa shape index (κ1) is 20.4. The summed E-state index contributed by atoms with van der Waals surface area (Å²) in [5.74, 6) is 1.95. The Morgan fingerprint density at radius 2 is 1.70 bits per heavy atom. The molecule has 5 heterocycles. The first-order valence-corrected chi connectivity index (χ1v) is 12.2. The molecule has 0 spiro atoms. The summed E-state index contributed by atoms with van der Waals surface area (Å²) >= 11 is 0. The van der Waals surface area contributed by atoms with Crippen molar-refractivity contribution in [2.45, 2.75) is 57.5 Å². The Morgan fingerprint density at radius 1 is 0.909 bits per heavy atom. The highest BCUT2D eigenvalue weighted by Gasteiger charge is 2.22. The number of rotatable bonds is 4. The van der Waals surface area contributed by atoms with Crippen LogP contribution in [0, 0.1) is 0 Å². The second-order valence-corrected chi connectivity index (χ2v) is 9.71. The Kier molecular flexibility index (Phi) is 5.14. The smallest absolute Gasteiger partial charge is 0.230 e. The molecule has 7 heteroatoms.